The molecular weight excluding hydrogens is 270 g/mol. The van der Waals surface area contributed by atoms with Crippen LogP contribution in [0.25, 0.3) is 0 Å². The Morgan fingerprint density at radius 1 is 1.48 bits per heavy atom. The first-order valence-electron chi connectivity index (χ1n) is 7.13. The molecule has 1 aromatic rings. The Bertz CT molecular complexity index is 506. The quantitative estimate of drug-likeness (QED) is 0.826. The fourth-order valence-corrected chi connectivity index (χ4v) is 2.89. The molecule has 2 heterocycles. The average Bonchev–Trinajstić information content (AvgIpc) is 2.90. The fraction of sp³-hybridized carbons (Fsp3) is 0.533. The lowest BCUT2D eigenvalue weighted by Crippen LogP contribution is -2.51. The summed E-state index contributed by atoms with van der Waals surface area (Å²) in [5, 5.41) is 12.5. The lowest BCUT2D eigenvalue weighted by Gasteiger charge is -2.36. The summed E-state index contributed by atoms with van der Waals surface area (Å²) in [6.07, 6.45) is 3.26. The Hall–Kier alpha value is -1.95. The van der Waals surface area contributed by atoms with Crippen LogP contribution in [0.3, 0.4) is 0 Å². The SMILES string of the molecule is CC(=O)N1CCC[C@]1(CO)CC(=O)NCc1ccccn1. The Morgan fingerprint density at radius 2 is 2.29 bits per heavy atom. The predicted molar refractivity (Wildman–Crippen MR) is 77.1 cm³/mol. The summed E-state index contributed by atoms with van der Waals surface area (Å²) in [6.45, 7) is 2.23. The van der Waals surface area contributed by atoms with Crippen molar-refractivity contribution >= 4 is 11.8 Å². The lowest BCUT2D eigenvalue weighted by molar-refractivity contribution is -0.137. The molecule has 0 spiro atoms. The van der Waals surface area contributed by atoms with Crippen molar-refractivity contribution in [1.29, 1.82) is 0 Å². The molecule has 1 aromatic heterocycles. The van der Waals surface area contributed by atoms with E-state index in [9.17, 15) is 14.7 Å². The maximum absolute atomic E-state index is 12.1. The van der Waals surface area contributed by atoms with Gasteiger partial charge in [0, 0.05) is 19.7 Å². The largest absolute Gasteiger partial charge is 0.394 e. The Balaban J connectivity index is 1.95. The van der Waals surface area contributed by atoms with Crippen LogP contribution in [-0.4, -0.2) is 45.5 Å². The minimum Gasteiger partial charge on any atom is -0.394 e. The van der Waals surface area contributed by atoms with Crippen molar-refractivity contribution in [1.82, 2.24) is 15.2 Å². The number of carbonyl (C=O) groups is 2. The summed E-state index contributed by atoms with van der Waals surface area (Å²) in [5.41, 5.74) is 0.0266. The third-order valence-corrected chi connectivity index (χ3v) is 3.95. The average molecular weight is 291 g/mol. The van der Waals surface area contributed by atoms with Gasteiger partial charge in [-0.15, -0.1) is 0 Å². The first-order chi connectivity index (χ1) is 10.1. The van der Waals surface area contributed by atoms with Gasteiger partial charge >= 0.3 is 0 Å². The van der Waals surface area contributed by atoms with Gasteiger partial charge < -0.3 is 15.3 Å². The van der Waals surface area contributed by atoms with E-state index >= 15 is 0 Å². The van der Waals surface area contributed by atoms with E-state index in [0.717, 1.165) is 12.1 Å². The van der Waals surface area contributed by atoms with Crippen molar-refractivity contribution in [2.45, 2.75) is 38.3 Å². The minimum absolute atomic E-state index is 0.0981. The zero-order valence-corrected chi connectivity index (χ0v) is 12.2. The second-order valence-electron chi connectivity index (χ2n) is 5.43. The highest BCUT2D eigenvalue weighted by atomic mass is 16.3. The van der Waals surface area contributed by atoms with Crippen LogP contribution in [0.15, 0.2) is 24.4 Å². The number of aliphatic hydroxyl groups is 1. The van der Waals surface area contributed by atoms with Crippen molar-refractivity contribution in [3.8, 4) is 0 Å². The van der Waals surface area contributed by atoms with Gasteiger partial charge in [-0.25, -0.2) is 0 Å². The van der Waals surface area contributed by atoms with Crippen molar-refractivity contribution in [2.24, 2.45) is 0 Å². The first kappa shape index (κ1) is 15.4. The van der Waals surface area contributed by atoms with E-state index in [1.807, 2.05) is 18.2 Å². The first-order valence-corrected chi connectivity index (χ1v) is 7.13. The van der Waals surface area contributed by atoms with Crippen LogP contribution in [0.2, 0.25) is 0 Å². The van der Waals surface area contributed by atoms with Gasteiger partial charge in [-0.2, -0.15) is 0 Å². The molecule has 1 saturated heterocycles. The summed E-state index contributed by atoms with van der Waals surface area (Å²) in [6, 6.07) is 5.51. The van der Waals surface area contributed by atoms with Crippen LogP contribution in [0, 0.1) is 0 Å². The zero-order chi connectivity index (χ0) is 15.3. The molecular formula is C15H21N3O3. The highest BCUT2D eigenvalue weighted by Gasteiger charge is 2.43. The number of hydrogen-bond acceptors (Lipinski definition) is 4. The molecule has 0 radical (unpaired) electrons. The number of carbonyl (C=O) groups excluding carboxylic acids is 2. The molecule has 1 fully saturated rings. The Morgan fingerprint density at radius 3 is 2.90 bits per heavy atom. The maximum atomic E-state index is 12.1. The van der Waals surface area contributed by atoms with Gasteiger partial charge in [-0.05, 0) is 25.0 Å². The van der Waals surface area contributed by atoms with E-state index in [4.69, 9.17) is 0 Å². The number of nitrogens with one attached hydrogen (secondary N) is 1. The normalized spacial score (nSPS) is 21.3. The summed E-state index contributed by atoms with van der Waals surface area (Å²) >= 11 is 0. The molecule has 0 unspecified atom stereocenters. The van der Waals surface area contributed by atoms with Crippen LogP contribution in [-0.2, 0) is 16.1 Å². The van der Waals surface area contributed by atoms with Crippen LogP contribution in [0.1, 0.15) is 31.9 Å². The molecule has 1 atom stereocenters. The monoisotopic (exact) mass is 291 g/mol. The maximum Gasteiger partial charge on any atom is 0.222 e. The molecule has 2 N–H and O–H groups in total. The van der Waals surface area contributed by atoms with E-state index in [2.05, 4.69) is 10.3 Å². The molecule has 0 saturated carbocycles. The summed E-state index contributed by atoms with van der Waals surface area (Å²) in [5.74, 6) is -0.276. The number of nitrogens with zero attached hydrogens (tertiary/aromatic N) is 2. The number of likely N-dealkylation sites (tertiary alicyclic amines) is 1. The third kappa shape index (κ3) is 3.58. The van der Waals surface area contributed by atoms with Gasteiger partial charge in [0.15, 0.2) is 0 Å². The summed E-state index contributed by atoms with van der Waals surface area (Å²) in [7, 11) is 0. The third-order valence-electron chi connectivity index (χ3n) is 3.95. The van der Waals surface area contributed by atoms with E-state index < -0.39 is 5.54 Å². The van der Waals surface area contributed by atoms with Gasteiger partial charge in [-0.1, -0.05) is 6.07 Å². The fourth-order valence-electron chi connectivity index (χ4n) is 2.89. The topological polar surface area (TPSA) is 82.5 Å². The van der Waals surface area contributed by atoms with Crippen molar-refractivity contribution in [3.05, 3.63) is 30.1 Å². The zero-order valence-electron chi connectivity index (χ0n) is 12.2. The number of rotatable bonds is 5. The molecule has 0 aliphatic carbocycles. The van der Waals surface area contributed by atoms with Crippen LogP contribution >= 0.6 is 0 Å². The molecule has 6 nitrogen and oxygen atoms in total. The highest BCUT2D eigenvalue weighted by molar-refractivity contribution is 5.80. The molecule has 114 valence electrons. The number of aliphatic hydroxyl groups excluding tert-OH is 1. The molecule has 1 aliphatic heterocycles. The van der Waals surface area contributed by atoms with Crippen molar-refractivity contribution in [3.63, 3.8) is 0 Å². The Kier molecular flexibility index (Phi) is 4.90. The smallest absolute Gasteiger partial charge is 0.222 e. The second kappa shape index (κ2) is 6.67. The van der Waals surface area contributed by atoms with Gasteiger partial charge in [0.05, 0.1) is 30.8 Å². The molecule has 0 bridgehead atoms. The molecule has 1 aliphatic rings. The Labute approximate surface area is 124 Å². The minimum atomic E-state index is -0.750. The summed E-state index contributed by atoms with van der Waals surface area (Å²) < 4.78 is 0. The van der Waals surface area contributed by atoms with E-state index in [1.165, 1.54) is 6.92 Å². The number of aromatic nitrogens is 1. The number of amides is 2. The molecule has 2 rings (SSSR count). The van der Waals surface area contributed by atoms with Gasteiger partial charge in [0.1, 0.15) is 0 Å². The molecule has 21 heavy (non-hydrogen) atoms. The molecule has 2 amide bonds. The van der Waals surface area contributed by atoms with Gasteiger partial charge in [0.25, 0.3) is 0 Å². The number of pyridine rings is 1. The molecule has 0 aromatic carbocycles. The highest BCUT2D eigenvalue weighted by Crippen LogP contribution is 2.32. The standard InChI is InChI=1S/C15H21N3O3/c1-12(20)18-8-4-6-15(18,11-19)9-14(21)17-10-13-5-2-3-7-16-13/h2-3,5,7,19H,4,6,8-11H2,1H3,(H,17,21)/t15-/m1/s1. The van der Waals surface area contributed by atoms with Crippen LogP contribution < -0.4 is 5.32 Å². The lowest BCUT2D eigenvalue weighted by atomic mass is 9.92. The van der Waals surface area contributed by atoms with Gasteiger partial charge in [-0.3, -0.25) is 14.6 Å². The van der Waals surface area contributed by atoms with Crippen LogP contribution in [0.5, 0.6) is 0 Å². The van der Waals surface area contributed by atoms with Gasteiger partial charge in [0.2, 0.25) is 11.8 Å². The predicted octanol–water partition coefficient (Wildman–Crippen LogP) is 0.461. The van der Waals surface area contributed by atoms with E-state index in [1.54, 1.807) is 11.1 Å². The summed E-state index contributed by atoms with van der Waals surface area (Å²) in [4.78, 5) is 29.5. The second-order valence-corrected chi connectivity index (χ2v) is 5.43. The van der Waals surface area contributed by atoms with Crippen molar-refractivity contribution in [2.75, 3.05) is 13.2 Å². The number of hydrogen-bond donors (Lipinski definition) is 2. The van der Waals surface area contributed by atoms with Crippen molar-refractivity contribution < 1.29 is 14.7 Å². The molecule has 6 heteroatoms. The van der Waals surface area contributed by atoms with Crippen LogP contribution in [0.4, 0.5) is 0 Å². The van der Waals surface area contributed by atoms with E-state index in [-0.39, 0.29) is 24.8 Å². The van der Waals surface area contributed by atoms with E-state index in [0.29, 0.717) is 19.5 Å².